The summed E-state index contributed by atoms with van der Waals surface area (Å²) in [5, 5.41) is 7.72. The molecule has 0 bridgehead atoms. The molecule has 1 aromatic rings. The highest BCUT2D eigenvalue weighted by Crippen LogP contribution is 2.04. The van der Waals surface area contributed by atoms with Crippen molar-refractivity contribution in [1.82, 2.24) is 5.32 Å². The third kappa shape index (κ3) is 5.03. The molecule has 13 heavy (non-hydrogen) atoms. The first-order valence-electron chi connectivity index (χ1n) is 4.85. The second kappa shape index (κ2) is 7.06. The van der Waals surface area contributed by atoms with Crippen LogP contribution in [0, 0.1) is 0 Å². The summed E-state index contributed by atoms with van der Waals surface area (Å²) in [6.45, 7) is 2.94. The second-order valence-corrected chi connectivity index (χ2v) is 3.94. The third-order valence-electron chi connectivity index (χ3n) is 1.97. The second-order valence-electron chi connectivity index (χ2n) is 3.16. The molecule has 1 rings (SSSR count). The van der Waals surface area contributed by atoms with Crippen molar-refractivity contribution >= 4 is 11.3 Å². The molecule has 3 heteroatoms. The zero-order valence-electron chi connectivity index (χ0n) is 7.96. The molecular formula is C10H18N2S. The van der Waals surface area contributed by atoms with Crippen LogP contribution in [-0.4, -0.2) is 13.1 Å². The lowest BCUT2D eigenvalue weighted by Crippen LogP contribution is -2.14. The SMILES string of the molecule is NCCCCCNCc1ccsc1. The van der Waals surface area contributed by atoms with Crippen LogP contribution < -0.4 is 11.1 Å². The van der Waals surface area contributed by atoms with Gasteiger partial charge in [0.15, 0.2) is 0 Å². The number of nitrogens with one attached hydrogen (secondary N) is 1. The lowest BCUT2D eigenvalue weighted by Gasteiger charge is -2.02. The molecule has 74 valence electrons. The van der Waals surface area contributed by atoms with E-state index in [9.17, 15) is 0 Å². The highest BCUT2D eigenvalue weighted by Gasteiger charge is 1.91. The van der Waals surface area contributed by atoms with Gasteiger partial charge in [-0.05, 0) is 48.3 Å². The highest BCUT2D eigenvalue weighted by molar-refractivity contribution is 7.07. The van der Waals surface area contributed by atoms with Gasteiger partial charge in [-0.15, -0.1) is 0 Å². The van der Waals surface area contributed by atoms with Crippen LogP contribution in [0.3, 0.4) is 0 Å². The van der Waals surface area contributed by atoms with Crippen LogP contribution >= 0.6 is 11.3 Å². The van der Waals surface area contributed by atoms with Crippen molar-refractivity contribution in [1.29, 1.82) is 0 Å². The van der Waals surface area contributed by atoms with E-state index in [1.807, 2.05) is 0 Å². The molecule has 0 aromatic carbocycles. The molecule has 0 aliphatic heterocycles. The zero-order valence-corrected chi connectivity index (χ0v) is 8.78. The molecule has 3 N–H and O–H groups in total. The minimum Gasteiger partial charge on any atom is -0.330 e. The van der Waals surface area contributed by atoms with Gasteiger partial charge in [-0.1, -0.05) is 6.42 Å². The van der Waals surface area contributed by atoms with E-state index in [4.69, 9.17) is 5.73 Å². The Hall–Kier alpha value is -0.380. The fourth-order valence-electron chi connectivity index (χ4n) is 1.20. The number of unbranched alkanes of at least 4 members (excludes halogenated alkanes) is 2. The van der Waals surface area contributed by atoms with E-state index in [0.29, 0.717) is 0 Å². The monoisotopic (exact) mass is 198 g/mol. The van der Waals surface area contributed by atoms with Crippen molar-refractivity contribution in [2.45, 2.75) is 25.8 Å². The summed E-state index contributed by atoms with van der Waals surface area (Å²) < 4.78 is 0. The molecule has 0 saturated heterocycles. The Labute approximate surface area is 84.2 Å². The van der Waals surface area contributed by atoms with Gasteiger partial charge in [-0.3, -0.25) is 0 Å². The fraction of sp³-hybridized carbons (Fsp3) is 0.600. The van der Waals surface area contributed by atoms with Gasteiger partial charge in [0, 0.05) is 6.54 Å². The maximum absolute atomic E-state index is 5.40. The van der Waals surface area contributed by atoms with E-state index < -0.39 is 0 Å². The Kier molecular flexibility index (Phi) is 5.81. The molecule has 0 atom stereocenters. The molecule has 0 aliphatic carbocycles. The van der Waals surface area contributed by atoms with Crippen LogP contribution in [0.15, 0.2) is 16.8 Å². The van der Waals surface area contributed by atoms with Gasteiger partial charge in [0.05, 0.1) is 0 Å². The summed E-state index contributed by atoms with van der Waals surface area (Å²) in [4.78, 5) is 0. The summed E-state index contributed by atoms with van der Waals surface area (Å²) in [7, 11) is 0. The molecule has 2 nitrogen and oxygen atoms in total. The summed E-state index contributed by atoms with van der Waals surface area (Å²) in [6.07, 6.45) is 3.63. The molecule has 0 aliphatic rings. The van der Waals surface area contributed by atoms with Crippen LogP contribution in [0.5, 0.6) is 0 Å². The maximum atomic E-state index is 5.40. The van der Waals surface area contributed by atoms with Gasteiger partial charge < -0.3 is 11.1 Å². The lowest BCUT2D eigenvalue weighted by molar-refractivity contribution is 0.607. The predicted molar refractivity (Wildman–Crippen MR) is 58.9 cm³/mol. The molecule has 0 amide bonds. The zero-order chi connectivity index (χ0) is 9.36. The van der Waals surface area contributed by atoms with Crippen LogP contribution in [0.25, 0.3) is 0 Å². The standard InChI is InChI=1S/C10H18N2S/c11-5-2-1-3-6-12-8-10-4-7-13-9-10/h4,7,9,12H,1-3,5-6,8,11H2. The van der Waals surface area contributed by atoms with Crippen molar-refractivity contribution in [3.8, 4) is 0 Å². The highest BCUT2D eigenvalue weighted by atomic mass is 32.1. The Morgan fingerprint density at radius 2 is 2.23 bits per heavy atom. The van der Waals surface area contributed by atoms with Crippen molar-refractivity contribution in [2.75, 3.05) is 13.1 Å². The van der Waals surface area contributed by atoms with E-state index in [2.05, 4.69) is 22.1 Å². The van der Waals surface area contributed by atoms with E-state index in [1.165, 1.54) is 18.4 Å². The smallest absolute Gasteiger partial charge is 0.0213 e. The molecule has 1 aromatic heterocycles. The minimum absolute atomic E-state index is 0.824. The van der Waals surface area contributed by atoms with E-state index in [-0.39, 0.29) is 0 Å². The Morgan fingerprint density at radius 3 is 2.92 bits per heavy atom. The molecule has 0 unspecified atom stereocenters. The van der Waals surface area contributed by atoms with Gasteiger partial charge >= 0.3 is 0 Å². The maximum Gasteiger partial charge on any atom is 0.0213 e. The normalized spacial score (nSPS) is 10.5. The average molecular weight is 198 g/mol. The van der Waals surface area contributed by atoms with Crippen molar-refractivity contribution < 1.29 is 0 Å². The molecule has 0 saturated carbocycles. The number of nitrogens with two attached hydrogens (primary N) is 1. The Morgan fingerprint density at radius 1 is 1.31 bits per heavy atom. The van der Waals surface area contributed by atoms with E-state index in [1.54, 1.807) is 11.3 Å². The first-order valence-corrected chi connectivity index (χ1v) is 5.79. The number of rotatable bonds is 7. The number of hydrogen-bond donors (Lipinski definition) is 2. The van der Waals surface area contributed by atoms with Crippen LogP contribution in [0.1, 0.15) is 24.8 Å². The number of thiophene rings is 1. The Bertz CT molecular complexity index is 197. The van der Waals surface area contributed by atoms with Gasteiger partial charge in [0.25, 0.3) is 0 Å². The minimum atomic E-state index is 0.824. The average Bonchev–Trinajstić information content (AvgIpc) is 2.63. The van der Waals surface area contributed by atoms with Crippen molar-refractivity contribution in [2.24, 2.45) is 5.73 Å². The fourth-order valence-corrected chi connectivity index (χ4v) is 1.87. The largest absolute Gasteiger partial charge is 0.330 e. The molecule has 1 heterocycles. The van der Waals surface area contributed by atoms with Crippen LogP contribution in [0.4, 0.5) is 0 Å². The molecule has 0 spiro atoms. The Balaban J connectivity index is 1.90. The van der Waals surface area contributed by atoms with Crippen molar-refractivity contribution in [3.63, 3.8) is 0 Å². The van der Waals surface area contributed by atoms with Crippen LogP contribution in [0.2, 0.25) is 0 Å². The summed E-state index contributed by atoms with van der Waals surface area (Å²) in [6, 6.07) is 2.16. The molecule has 0 fully saturated rings. The summed E-state index contributed by atoms with van der Waals surface area (Å²) >= 11 is 1.75. The van der Waals surface area contributed by atoms with E-state index in [0.717, 1.165) is 26.1 Å². The van der Waals surface area contributed by atoms with Crippen LogP contribution in [-0.2, 0) is 6.54 Å². The van der Waals surface area contributed by atoms with Gasteiger partial charge in [0.1, 0.15) is 0 Å². The number of hydrogen-bond acceptors (Lipinski definition) is 3. The third-order valence-corrected chi connectivity index (χ3v) is 2.70. The van der Waals surface area contributed by atoms with E-state index >= 15 is 0 Å². The first kappa shape index (κ1) is 10.7. The van der Waals surface area contributed by atoms with Gasteiger partial charge in [-0.2, -0.15) is 11.3 Å². The summed E-state index contributed by atoms with van der Waals surface area (Å²) in [5.74, 6) is 0. The predicted octanol–water partition coefficient (Wildman–Crippen LogP) is 1.97. The van der Waals surface area contributed by atoms with Gasteiger partial charge in [-0.25, -0.2) is 0 Å². The van der Waals surface area contributed by atoms with Crippen molar-refractivity contribution in [3.05, 3.63) is 22.4 Å². The molecule has 0 radical (unpaired) electrons. The molecular weight excluding hydrogens is 180 g/mol. The summed E-state index contributed by atoms with van der Waals surface area (Å²) in [5.41, 5.74) is 6.79. The lowest BCUT2D eigenvalue weighted by atomic mass is 10.2. The topological polar surface area (TPSA) is 38.0 Å². The quantitative estimate of drug-likeness (QED) is 0.657. The first-order chi connectivity index (χ1) is 6.43. The van der Waals surface area contributed by atoms with Gasteiger partial charge in [0.2, 0.25) is 0 Å².